The molecule has 2 aliphatic heterocycles. The number of nitrogens with zero attached hydrogens (tertiary/aromatic N) is 1. The molecule has 1 aromatic heterocycles. The summed E-state index contributed by atoms with van der Waals surface area (Å²) >= 11 is 1.54. The summed E-state index contributed by atoms with van der Waals surface area (Å²) in [4.78, 5) is 20.5. The Hall–Kier alpha value is -1.93. The van der Waals surface area contributed by atoms with Gasteiger partial charge in [0.1, 0.15) is 17.5 Å². The maximum atomic E-state index is 12.3. The third kappa shape index (κ3) is 2.91. The molecule has 3 rings (SSSR count). The van der Waals surface area contributed by atoms with E-state index in [9.17, 15) is 4.79 Å². The summed E-state index contributed by atoms with van der Waals surface area (Å²) in [5, 5.41) is 10.0. The van der Waals surface area contributed by atoms with Crippen molar-refractivity contribution in [3.8, 4) is 0 Å². The lowest BCUT2D eigenvalue weighted by Crippen LogP contribution is -2.53. The first-order valence-electron chi connectivity index (χ1n) is 6.80. The Morgan fingerprint density at radius 2 is 2.48 bits per heavy atom. The van der Waals surface area contributed by atoms with Gasteiger partial charge in [-0.2, -0.15) is 0 Å². The molecular formula is C13H18N6OS. The molecule has 0 aliphatic carbocycles. The van der Waals surface area contributed by atoms with E-state index < -0.39 is 0 Å². The second-order valence-corrected chi connectivity index (χ2v) is 6.09. The maximum Gasteiger partial charge on any atom is 0.264 e. The third-order valence-electron chi connectivity index (χ3n) is 3.25. The van der Waals surface area contributed by atoms with Crippen LogP contribution in [0.15, 0.2) is 28.4 Å². The Morgan fingerprint density at radius 1 is 1.62 bits per heavy atom. The van der Waals surface area contributed by atoms with Gasteiger partial charge >= 0.3 is 0 Å². The van der Waals surface area contributed by atoms with Gasteiger partial charge in [-0.3, -0.25) is 4.79 Å². The maximum absolute atomic E-state index is 12.3. The number of H-pyrrole nitrogens is 1. The Kier molecular flexibility index (Phi) is 3.89. The number of rotatable bonds is 3. The summed E-state index contributed by atoms with van der Waals surface area (Å²) in [5.41, 5.74) is 6.64. The largest absolute Gasteiger partial charge is 0.389 e. The molecule has 0 fully saturated rings. The highest BCUT2D eigenvalue weighted by molar-refractivity contribution is 8.04. The molecular weight excluding hydrogens is 288 g/mol. The molecule has 0 aromatic carbocycles. The zero-order valence-corrected chi connectivity index (χ0v) is 12.5. The fourth-order valence-electron chi connectivity index (χ4n) is 2.15. The summed E-state index contributed by atoms with van der Waals surface area (Å²) < 4.78 is 0. The summed E-state index contributed by atoms with van der Waals surface area (Å²) in [5.74, 6) is 1.39. The van der Waals surface area contributed by atoms with Crippen molar-refractivity contribution in [2.45, 2.75) is 19.1 Å². The highest BCUT2D eigenvalue weighted by Crippen LogP contribution is 2.17. The number of aromatic amines is 1. The quantitative estimate of drug-likeness (QED) is 0.456. The molecule has 2 atom stereocenters. The van der Waals surface area contributed by atoms with Gasteiger partial charge < -0.3 is 26.7 Å². The number of nitrogens with two attached hydrogens (primary N) is 1. The van der Waals surface area contributed by atoms with Gasteiger partial charge in [0.05, 0.1) is 10.1 Å². The minimum atomic E-state index is -0.266. The van der Waals surface area contributed by atoms with E-state index in [0.717, 1.165) is 23.0 Å². The fourth-order valence-corrected chi connectivity index (χ4v) is 2.94. The van der Waals surface area contributed by atoms with Crippen LogP contribution in [0.5, 0.6) is 0 Å². The molecule has 7 nitrogen and oxygen atoms in total. The van der Waals surface area contributed by atoms with Crippen LogP contribution in [0.2, 0.25) is 0 Å². The van der Waals surface area contributed by atoms with Crippen molar-refractivity contribution in [2.24, 2.45) is 10.7 Å². The molecule has 0 bridgehead atoms. The summed E-state index contributed by atoms with van der Waals surface area (Å²) in [7, 11) is 0. The lowest BCUT2D eigenvalue weighted by Gasteiger charge is -2.24. The van der Waals surface area contributed by atoms with Gasteiger partial charge in [0.15, 0.2) is 0 Å². The van der Waals surface area contributed by atoms with Crippen molar-refractivity contribution in [1.82, 2.24) is 20.9 Å². The van der Waals surface area contributed by atoms with Crippen LogP contribution in [0.25, 0.3) is 5.82 Å². The van der Waals surface area contributed by atoms with Crippen LogP contribution in [0.3, 0.4) is 0 Å². The van der Waals surface area contributed by atoms with Gasteiger partial charge in [0, 0.05) is 30.7 Å². The van der Waals surface area contributed by atoms with E-state index in [1.54, 1.807) is 12.4 Å². The van der Waals surface area contributed by atoms with E-state index in [-0.39, 0.29) is 18.1 Å². The van der Waals surface area contributed by atoms with E-state index in [2.05, 4.69) is 25.9 Å². The molecule has 1 aromatic rings. The number of carbonyl (C=O) groups excluding carboxylic acids is 1. The molecule has 0 radical (unpaired) electrons. The van der Waals surface area contributed by atoms with E-state index in [1.165, 1.54) is 11.8 Å². The molecule has 112 valence electrons. The van der Waals surface area contributed by atoms with Gasteiger partial charge in [-0.05, 0) is 13.0 Å². The smallest absolute Gasteiger partial charge is 0.264 e. The molecule has 0 spiro atoms. The second-order valence-electron chi connectivity index (χ2n) is 4.96. The third-order valence-corrected chi connectivity index (χ3v) is 4.27. The van der Waals surface area contributed by atoms with Crippen LogP contribution in [0.4, 0.5) is 0 Å². The number of nitrogens with one attached hydrogen (secondary N) is 4. The predicted molar refractivity (Wildman–Crippen MR) is 82.2 cm³/mol. The topological polar surface area (TPSA) is 107 Å². The predicted octanol–water partition coefficient (Wildman–Crippen LogP) is -1.73. The fraction of sp³-hybridized carbons (Fsp3) is 0.385. The molecule has 3 heterocycles. The first-order chi connectivity index (χ1) is 10.1. The van der Waals surface area contributed by atoms with Crippen molar-refractivity contribution in [1.29, 1.82) is 0 Å². The summed E-state index contributed by atoms with van der Waals surface area (Å²) in [6.07, 6.45) is 3.28. The Labute approximate surface area is 126 Å². The van der Waals surface area contributed by atoms with E-state index >= 15 is 0 Å². The lowest BCUT2D eigenvalue weighted by molar-refractivity contribution is -0.115. The molecule has 21 heavy (non-hydrogen) atoms. The summed E-state index contributed by atoms with van der Waals surface area (Å²) in [6.45, 7) is 2.75. The first kappa shape index (κ1) is 14.0. The molecule has 0 saturated heterocycles. The lowest BCUT2D eigenvalue weighted by atomic mass is 10.2. The van der Waals surface area contributed by atoms with Gasteiger partial charge in [0.2, 0.25) is 0 Å². The van der Waals surface area contributed by atoms with Gasteiger partial charge in [0.25, 0.3) is 5.91 Å². The Balaban J connectivity index is 1.88. The van der Waals surface area contributed by atoms with Crippen molar-refractivity contribution in [3.63, 3.8) is 0 Å². The SMILES string of the molecule is C[C@H](N)[C@@H]1N=c2[nH]ccc2=C(NC(=O)C2=CNCCS2)N1. The molecule has 8 heteroatoms. The zero-order chi connectivity index (χ0) is 14.8. The van der Waals surface area contributed by atoms with Crippen LogP contribution in [0, 0.1) is 0 Å². The molecule has 0 saturated carbocycles. The van der Waals surface area contributed by atoms with Gasteiger partial charge in [-0.15, -0.1) is 11.8 Å². The number of aromatic nitrogens is 1. The second kappa shape index (κ2) is 5.82. The number of thioether (sulfide) groups is 1. The Morgan fingerprint density at radius 3 is 3.19 bits per heavy atom. The minimum Gasteiger partial charge on any atom is -0.389 e. The van der Waals surface area contributed by atoms with E-state index in [1.807, 2.05) is 13.0 Å². The van der Waals surface area contributed by atoms with Crippen LogP contribution >= 0.6 is 11.8 Å². The number of carbonyl (C=O) groups is 1. The van der Waals surface area contributed by atoms with Crippen molar-refractivity contribution < 1.29 is 4.79 Å². The number of hydrogen-bond acceptors (Lipinski definition) is 6. The average molecular weight is 306 g/mol. The van der Waals surface area contributed by atoms with Crippen LogP contribution in [-0.2, 0) is 4.79 Å². The van der Waals surface area contributed by atoms with Crippen LogP contribution in [0.1, 0.15) is 6.92 Å². The number of fused-ring (bicyclic) bond motifs is 1. The number of amides is 1. The average Bonchev–Trinajstić information content (AvgIpc) is 2.96. The molecule has 2 aliphatic rings. The first-order valence-corrected chi connectivity index (χ1v) is 7.79. The minimum absolute atomic E-state index is 0.132. The number of hydrogen-bond donors (Lipinski definition) is 5. The summed E-state index contributed by atoms with van der Waals surface area (Å²) in [6, 6.07) is 1.71. The van der Waals surface area contributed by atoms with Crippen molar-refractivity contribution in [3.05, 3.63) is 34.1 Å². The standard InChI is InChI=1S/C13H18N6OS/c1-7(14)10-17-11-8(2-3-16-11)12(18-10)19-13(20)9-6-15-4-5-21-9/h2-3,6-7,10,15,18H,4-5,14H2,1H3,(H,16,17)(H,19,20)/t7-,10+/m0/s1. The highest BCUT2D eigenvalue weighted by atomic mass is 32.2. The molecule has 1 amide bonds. The van der Waals surface area contributed by atoms with Crippen LogP contribution < -0.4 is 32.4 Å². The van der Waals surface area contributed by atoms with Gasteiger partial charge in [-0.1, -0.05) is 0 Å². The van der Waals surface area contributed by atoms with Crippen LogP contribution in [-0.4, -0.2) is 35.4 Å². The van der Waals surface area contributed by atoms with Crippen molar-refractivity contribution >= 4 is 23.5 Å². The van der Waals surface area contributed by atoms with E-state index in [4.69, 9.17) is 5.73 Å². The molecule has 6 N–H and O–H groups in total. The normalized spacial score (nSPS) is 22.1. The monoisotopic (exact) mass is 306 g/mol. The molecule has 0 unspecified atom stereocenters. The Bertz CT molecular complexity index is 692. The highest BCUT2D eigenvalue weighted by Gasteiger charge is 2.21. The van der Waals surface area contributed by atoms with Crippen molar-refractivity contribution in [2.75, 3.05) is 12.3 Å². The van der Waals surface area contributed by atoms with Gasteiger partial charge in [-0.25, -0.2) is 4.99 Å². The zero-order valence-electron chi connectivity index (χ0n) is 11.6. The van der Waals surface area contributed by atoms with E-state index in [0.29, 0.717) is 10.7 Å².